The summed E-state index contributed by atoms with van der Waals surface area (Å²) < 4.78 is 5.62. The maximum Gasteiger partial charge on any atom is 0.0693 e. The molecule has 0 aromatic carbocycles. The van der Waals surface area contributed by atoms with Crippen molar-refractivity contribution in [1.29, 1.82) is 0 Å². The Labute approximate surface area is 74.9 Å². The SMILES string of the molecule is CCC(S)C1CC(C)CCO1. The molecule has 2 heteroatoms. The molecule has 66 valence electrons. The standard InChI is InChI=1S/C9H18OS/c1-3-9(11)8-6-7(2)4-5-10-8/h7-9,11H,3-6H2,1-2H3. The Morgan fingerprint density at radius 3 is 2.91 bits per heavy atom. The van der Waals surface area contributed by atoms with Crippen LogP contribution < -0.4 is 0 Å². The fourth-order valence-electron chi connectivity index (χ4n) is 1.53. The normalized spacial score (nSPS) is 35.2. The fourth-order valence-corrected chi connectivity index (χ4v) is 1.74. The van der Waals surface area contributed by atoms with Gasteiger partial charge in [0.15, 0.2) is 0 Å². The Morgan fingerprint density at radius 1 is 1.64 bits per heavy atom. The molecule has 1 nitrogen and oxygen atoms in total. The summed E-state index contributed by atoms with van der Waals surface area (Å²) in [6, 6.07) is 0. The first-order valence-electron chi connectivity index (χ1n) is 4.53. The summed E-state index contributed by atoms with van der Waals surface area (Å²) in [5.41, 5.74) is 0. The van der Waals surface area contributed by atoms with Crippen molar-refractivity contribution in [3.63, 3.8) is 0 Å². The second-order valence-electron chi connectivity index (χ2n) is 3.51. The van der Waals surface area contributed by atoms with E-state index in [-0.39, 0.29) is 0 Å². The lowest BCUT2D eigenvalue weighted by Gasteiger charge is -2.30. The molecule has 3 atom stereocenters. The Hall–Kier alpha value is 0.310. The Balaban J connectivity index is 2.33. The van der Waals surface area contributed by atoms with Gasteiger partial charge in [0.1, 0.15) is 0 Å². The van der Waals surface area contributed by atoms with Gasteiger partial charge in [-0.25, -0.2) is 0 Å². The maximum absolute atomic E-state index is 5.62. The molecule has 1 heterocycles. The van der Waals surface area contributed by atoms with Crippen LogP contribution >= 0.6 is 12.6 Å². The van der Waals surface area contributed by atoms with E-state index < -0.39 is 0 Å². The third-order valence-electron chi connectivity index (χ3n) is 2.42. The topological polar surface area (TPSA) is 9.23 Å². The molecule has 1 saturated heterocycles. The highest BCUT2D eigenvalue weighted by molar-refractivity contribution is 7.81. The van der Waals surface area contributed by atoms with Gasteiger partial charge in [0.25, 0.3) is 0 Å². The minimum atomic E-state index is 0.409. The van der Waals surface area contributed by atoms with Crippen molar-refractivity contribution < 1.29 is 4.74 Å². The second-order valence-corrected chi connectivity index (χ2v) is 4.18. The van der Waals surface area contributed by atoms with Crippen molar-refractivity contribution in [1.82, 2.24) is 0 Å². The number of rotatable bonds is 2. The zero-order valence-corrected chi connectivity index (χ0v) is 8.31. The molecule has 1 rings (SSSR count). The average Bonchev–Trinajstić information content (AvgIpc) is 2.03. The van der Waals surface area contributed by atoms with Crippen molar-refractivity contribution in [2.75, 3.05) is 6.61 Å². The molecule has 0 aromatic rings. The van der Waals surface area contributed by atoms with Gasteiger partial charge in [0.05, 0.1) is 6.10 Å². The molecule has 1 aliphatic rings. The van der Waals surface area contributed by atoms with Crippen LogP contribution in [0.15, 0.2) is 0 Å². The van der Waals surface area contributed by atoms with Gasteiger partial charge < -0.3 is 4.74 Å². The lowest BCUT2D eigenvalue weighted by Crippen LogP contribution is -2.31. The van der Waals surface area contributed by atoms with Crippen LogP contribution in [-0.2, 0) is 4.74 Å². The van der Waals surface area contributed by atoms with Crippen LogP contribution in [0.2, 0.25) is 0 Å². The van der Waals surface area contributed by atoms with Gasteiger partial charge in [-0.05, 0) is 25.2 Å². The van der Waals surface area contributed by atoms with Crippen LogP contribution in [0.5, 0.6) is 0 Å². The first kappa shape index (κ1) is 9.40. The van der Waals surface area contributed by atoms with Crippen molar-refractivity contribution in [2.45, 2.75) is 44.5 Å². The molecule has 0 bridgehead atoms. The second kappa shape index (κ2) is 4.36. The van der Waals surface area contributed by atoms with Crippen molar-refractivity contribution >= 4 is 12.6 Å². The van der Waals surface area contributed by atoms with Gasteiger partial charge in [-0.15, -0.1) is 0 Å². The minimum Gasteiger partial charge on any atom is -0.377 e. The van der Waals surface area contributed by atoms with Gasteiger partial charge in [0, 0.05) is 11.9 Å². The molecule has 0 radical (unpaired) electrons. The van der Waals surface area contributed by atoms with Crippen LogP contribution in [-0.4, -0.2) is 18.0 Å². The first-order valence-corrected chi connectivity index (χ1v) is 5.05. The summed E-state index contributed by atoms with van der Waals surface area (Å²) in [6.45, 7) is 5.40. The molecular formula is C9H18OS. The summed E-state index contributed by atoms with van der Waals surface area (Å²) in [5, 5.41) is 0.442. The third-order valence-corrected chi connectivity index (χ3v) is 3.12. The molecule has 0 N–H and O–H groups in total. The largest absolute Gasteiger partial charge is 0.377 e. The van der Waals surface area contributed by atoms with E-state index in [4.69, 9.17) is 4.74 Å². The van der Waals surface area contributed by atoms with E-state index in [1.54, 1.807) is 0 Å². The van der Waals surface area contributed by atoms with Crippen LogP contribution in [0.1, 0.15) is 33.1 Å². The molecule has 1 aliphatic heterocycles. The van der Waals surface area contributed by atoms with Crippen molar-refractivity contribution in [2.24, 2.45) is 5.92 Å². The highest BCUT2D eigenvalue weighted by Gasteiger charge is 2.23. The number of ether oxygens (including phenoxy) is 1. The van der Waals surface area contributed by atoms with Gasteiger partial charge in [-0.2, -0.15) is 12.6 Å². The lowest BCUT2D eigenvalue weighted by molar-refractivity contribution is -0.00560. The summed E-state index contributed by atoms with van der Waals surface area (Å²) >= 11 is 4.49. The summed E-state index contributed by atoms with van der Waals surface area (Å²) in [7, 11) is 0. The van der Waals surface area contributed by atoms with Crippen LogP contribution in [0.3, 0.4) is 0 Å². The van der Waals surface area contributed by atoms with Crippen molar-refractivity contribution in [3.8, 4) is 0 Å². The van der Waals surface area contributed by atoms with E-state index in [0.717, 1.165) is 18.9 Å². The molecular weight excluding hydrogens is 156 g/mol. The number of hydrogen-bond donors (Lipinski definition) is 1. The van der Waals surface area contributed by atoms with Gasteiger partial charge in [0.2, 0.25) is 0 Å². The Morgan fingerprint density at radius 2 is 2.36 bits per heavy atom. The third kappa shape index (κ3) is 2.68. The maximum atomic E-state index is 5.62. The highest BCUT2D eigenvalue weighted by Crippen LogP contribution is 2.24. The minimum absolute atomic E-state index is 0.409. The highest BCUT2D eigenvalue weighted by atomic mass is 32.1. The zero-order chi connectivity index (χ0) is 8.27. The monoisotopic (exact) mass is 174 g/mol. The van der Waals surface area contributed by atoms with E-state index in [0.29, 0.717) is 11.4 Å². The van der Waals surface area contributed by atoms with Crippen LogP contribution in [0.4, 0.5) is 0 Å². The predicted molar refractivity (Wildman–Crippen MR) is 51.2 cm³/mol. The molecule has 0 aromatic heterocycles. The van der Waals surface area contributed by atoms with E-state index in [9.17, 15) is 0 Å². The van der Waals surface area contributed by atoms with Gasteiger partial charge in [-0.1, -0.05) is 13.8 Å². The smallest absolute Gasteiger partial charge is 0.0693 e. The van der Waals surface area contributed by atoms with Gasteiger partial charge in [-0.3, -0.25) is 0 Å². The average molecular weight is 174 g/mol. The molecule has 0 aliphatic carbocycles. The lowest BCUT2D eigenvalue weighted by atomic mass is 9.95. The molecule has 0 amide bonds. The number of thiol groups is 1. The summed E-state index contributed by atoms with van der Waals surface area (Å²) in [5.74, 6) is 0.829. The first-order chi connectivity index (χ1) is 5.24. The van der Waals surface area contributed by atoms with E-state index in [1.165, 1.54) is 12.8 Å². The van der Waals surface area contributed by atoms with Crippen molar-refractivity contribution in [3.05, 3.63) is 0 Å². The van der Waals surface area contributed by atoms with E-state index in [2.05, 4.69) is 26.5 Å². The quantitative estimate of drug-likeness (QED) is 0.633. The molecule has 0 saturated carbocycles. The van der Waals surface area contributed by atoms with E-state index in [1.807, 2.05) is 0 Å². The molecule has 1 fully saturated rings. The fraction of sp³-hybridized carbons (Fsp3) is 1.00. The van der Waals surface area contributed by atoms with Crippen LogP contribution in [0, 0.1) is 5.92 Å². The summed E-state index contributed by atoms with van der Waals surface area (Å²) in [6.07, 6.45) is 3.94. The molecule has 3 unspecified atom stereocenters. The zero-order valence-electron chi connectivity index (χ0n) is 7.42. The number of hydrogen-bond acceptors (Lipinski definition) is 2. The van der Waals surface area contributed by atoms with Gasteiger partial charge >= 0.3 is 0 Å². The Kier molecular flexibility index (Phi) is 3.73. The van der Waals surface area contributed by atoms with E-state index >= 15 is 0 Å². The summed E-state index contributed by atoms with van der Waals surface area (Å²) in [4.78, 5) is 0. The molecule has 0 spiro atoms. The Bertz CT molecular complexity index is 116. The molecule has 11 heavy (non-hydrogen) atoms. The predicted octanol–water partition coefficient (Wildman–Crippen LogP) is 2.51. The van der Waals surface area contributed by atoms with Crippen LogP contribution in [0.25, 0.3) is 0 Å².